The first kappa shape index (κ1) is 12.4. The number of hydrogen-bond acceptors (Lipinski definition) is 3. The van der Waals surface area contributed by atoms with E-state index in [0.717, 1.165) is 42.5 Å². The Morgan fingerprint density at radius 2 is 2.26 bits per heavy atom. The lowest BCUT2D eigenvalue weighted by molar-refractivity contribution is 0.321. The van der Waals surface area contributed by atoms with Crippen LogP contribution in [0.15, 0.2) is 24.4 Å². The fraction of sp³-hybridized carbons (Fsp3) is 0.467. The zero-order valence-corrected chi connectivity index (χ0v) is 11.6. The number of rotatable bonds is 3. The van der Waals surface area contributed by atoms with Crippen LogP contribution in [0.25, 0.3) is 0 Å². The Hall–Kier alpha value is -1.68. The van der Waals surface area contributed by atoms with E-state index in [9.17, 15) is 0 Å². The molecule has 2 aromatic heterocycles. The van der Waals surface area contributed by atoms with Crippen LogP contribution < -0.4 is 0 Å². The number of aromatic nitrogens is 3. The maximum absolute atomic E-state index is 4.57. The van der Waals surface area contributed by atoms with Crippen LogP contribution in [0.4, 0.5) is 0 Å². The quantitative estimate of drug-likeness (QED) is 0.917. The number of H-pyrrole nitrogens is 1. The monoisotopic (exact) mass is 256 g/mol. The topological polar surface area (TPSA) is 44.8 Å². The van der Waals surface area contributed by atoms with Gasteiger partial charge in [-0.15, -0.1) is 0 Å². The number of aryl methyl sites for hydroxylation is 2. The van der Waals surface area contributed by atoms with E-state index in [2.05, 4.69) is 38.9 Å². The van der Waals surface area contributed by atoms with Crippen molar-refractivity contribution in [3.05, 3.63) is 47.3 Å². The predicted octanol–water partition coefficient (Wildman–Crippen LogP) is 2.41. The molecule has 4 heteroatoms. The first-order valence-corrected chi connectivity index (χ1v) is 6.87. The Bertz CT molecular complexity index is 561. The molecule has 1 N–H and O–H groups in total. The van der Waals surface area contributed by atoms with E-state index in [-0.39, 0.29) is 0 Å². The van der Waals surface area contributed by atoms with Gasteiger partial charge in [-0.1, -0.05) is 6.07 Å². The van der Waals surface area contributed by atoms with Crippen molar-refractivity contribution in [2.45, 2.75) is 32.7 Å². The van der Waals surface area contributed by atoms with E-state index < -0.39 is 0 Å². The summed E-state index contributed by atoms with van der Waals surface area (Å²) in [7, 11) is 0. The van der Waals surface area contributed by atoms with Gasteiger partial charge in [-0.25, -0.2) is 4.98 Å². The van der Waals surface area contributed by atoms with Crippen LogP contribution >= 0.6 is 0 Å². The maximum atomic E-state index is 4.57. The normalized spacial score (nSPS) is 20.0. The SMILES string of the molecule is Cc1cccc(CN2CC[C@H](c3ncc(C)[nH]3)C2)n1. The van der Waals surface area contributed by atoms with Crippen molar-refractivity contribution in [3.8, 4) is 0 Å². The second-order valence-electron chi connectivity index (χ2n) is 5.44. The van der Waals surface area contributed by atoms with Crippen LogP contribution in [0.5, 0.6) is 0 Å². The molecule has 1 saturated heterocycles. The second-order valence-corrected chi connectivity index (χ2v) is 5.44. The first-order valence-electron chi connectivity index (χ1n) is 6.87. The number of likely N-dealkylation sites (tertiary alicyclic amines) is 1. The zero-order valence-electron chi connectivity index (χ0n) is 11.6. The average molecular weight is 256 g/mol. The molecule has 0 unspecified atom stereocenters. The van der Waals surface area contributed by atoms with E-state index in [1.54, 1.807) is 0 Å². The molecule has 0 bridgehead atoms. The van der Waals surface area contributed by atoms with Gasteiger partial charge in [0.15, 0.2) is 0 Å². The summed E-state index contributed by atoms with van der Waals surface area (Å²) >= 11 is 0. The van der Waals surface area contributed by atoms with Gasteiger partial charge in [0.05, 0.1) is 5.69 Å². The molecular formula is C15H20N4. The van der Waals surface area contributed by atoms with Crippen molar-refractivity contribution in [2.75, 3.05) is 13.1 Å². The fourth-order valence-corrected chi connectivity index (χ4v) is 2.76. The van der Waals surface area contributed by atoms with Crippen molar-refractivity contribution in [1.29, 1.82) is 0 Å². The van der Waals surface area contributed by atoms with Gasteiger partial charge in [-0.05, 0) is 38.9 Å². The van der Waals surface area contributed by atoms with E-state index in [1.165, 1.54) is 6.42 Å². The lowest BCUT2D eigenvalue weighted by Gasteiger charge is -2.15. The van der Waals surface area contributed by atoms with Gasteiger partial charge in [0.1, 0.15) is 5.82 Å². The third kappa shape index (κ3) is 2.84. The Balaban J connectivity index is 1.63. The molecule has 3 rings (SSSR count). The molecular weight excluding hydrogens is 236 g/mol. The summed E-state index contributed by atoms with van der Waals surface area (Å²) in [6.45, 7) is 7.24. The van der Waals surface area contributed by atoms with Crippen LogP contribution in [-0.2, 0) is 6.54 Å². The number of pyridine rings is 1. The molecule has 100 valence electrons. The molecule has 2 aromatic rings. The highest BCUT2D eigenvalue weighted by Gasteiger charge is 2.25. The largest absolute Gasteiger partial charge is 0.346 e. The maximum Gasteiger partial charge on any atom is 0.110 e. The minimum atomic E-state index is 0.540. The standard InChI is InChI=1S/C15H20N4/c1-11-4-3-5-14(17-11)10-19-7-6-13(9-19)15-16-8-12(2)18-15/h3-5,8,13H,6-7,9-10H2,1-2H3,(H,16,18)/t13-/m0/s1. The number of hydrogen-bond donors (Lipinski definition) is 1. The smallest absolute Gasteiger partial charge is 0.110 e. The predicted molar refractivity (Wildman–Crippen MR) is 74.9 cm³/mol. The molecule has 0 aliphatic carbocycles. The number of nitrogens with one attached hydrogen (secondary N) is 1. The summed E-state index contributed by atoms with van der Waals surface area (Å²) in [6, 6.07) is 6.24. The number of imidazole rings is 1. The summed E-state index contributed by atoms with van der Waals surface area (Å²) in [5.41, 5.74) is 3.40. The Labute approximate surface area is 113 Å². The molecule has 19 heavy (non-hydrogen) atoms. The Kier molecular flexibility index (Phi) is 3.34. The van der Waals surface area contributed by atoms with Gasteiger partial charge >= 0.3 is 0 Å². The Morgan fingerprint density at radius 3 is 3.00 bits per heavy atom. The molecule has 4 nitrogen and oxygen atoms in total. The second kappa shape index (κ2) is 5.13. The van der Waals surface area contributed by atoms with E-state index in [1.807, 2.05) is 19.2 Å². The summed E-state index contributed by atoms with van der Waals surface area (Å²) in [5, 5.41) is 0. The molecule has 1 aliphatic rings. The summed E-state index contributed by atoms with van der Waals surface area (Å²) < 4.78 is 0. The third-order valence-electron chi connectivity index (χ3n) is 3.71. The molecule has 0 amide bonds. The minimum absolute atomic E-state index is 0.540. The Morgan fingerprint density at radius 1 is 1.37 bits per heavy atom. The van der Waals surface area contributed by atoms with Gasteiger partial charge in [0.2, 0.25) is 0 Å². The molecule has 0 radical (unpaired) electrons. The highest BCUT2D eigenvalue weighted by atomic mass is 15.2. The van der Waals surface area contributed by atoms with Gasteiger partial charge < -0.3 is 4.98 Å². The zero-order chi connectivity index (χ0) is 13.2. The molecule has 3 heterocycles. The van der Waals surface area contributed by atoms with Crippen molar-refractivity contribution < 1.29 is 0 Å². The molecule has 0 aromatic carbocycles. The van der Waals surface area contributed by atoms with Crippen molar-refractivity contribution in [2.24, 2.45) is 0 Å². The summed E-state index contributed by atoms with van der Waals surface area (Å²) in [6.07, 6.45) is 3.10. The van der Waals surface area contributed by atoms with Gasteiger partial charge in [-0.3, -0.25) is 9.88 Å². The van der Waals surface area contributed by atoms with Crippen LogP contribution in [0.2, 0.25) is 0 Å². The van der Waals surface area contributed by atoms with Gasteiger partial charge in [0, 0.05) is 36.6 Å². The lowest BCUT2D eigenvalue weighted by Crippen LogP contribution is -2.20. The van der Waals surface area contributed by atoms with E-state index in [0.29, 0.717) is 5.92 Å². The molecule has 0 saturated carbocycles. The summed E-state index contributed by atoms with van der Waals surface area (Å²) in [4.78, 5) is 14.8. The van der Waals surface area contributed by atoms with Crippen LogP contribution in [0.1, 0.15) is 35.2 Å². The van der Waals surface area contributed by atoms with Gasteiger partial charge in [0.25, 0.3) is 0 Å². The molecule has 1 aliphatic heterocycles. The average Bonchev–Trinajstić information content (AvgIpc) is 2.98. The summed E-state index contributed by atoms with van der Waals surface area (Å²) in [5.74, 6) is 1.68. The highest BCUT2D eigenvalue weighted by molar-refractivity contribution is 5.11. The molecule has 1 fully saturated rings. The van der Waals surface area contributed by atoms with Crippen molar-refractivity contribution in [1.82, 2.24) is 19.9 Å². The van der Waals surface area contributed by atoms with E-state index >= 15 is 0 Å². The number of nitrogens with zero attached hydrogens (tertiary/aromatic N) is 3. The molecule has 0 spiro atoms. The minimum Gasteiger partial charge on any atom is -0.346 e. The number of aromatic amines is 1. The fourth-order valence-electron chi connectivity index (χ4n) is 2.76. The van der Waals surface area contributed by atoms with Gasteiger partial charge in [-0.2, -0.15) is 0 Å². The molecule has 1 atom stereocenters. The lowest BCUT2D eigenvalue weighted by atomic mass is 10.1. The third-order valence-corrected chi connectivity index (χ3v) is 3.71. The highest BCUT2D eigenvalue weighted by Crippen LogP contribution is 2.25. The first-order chi connectivity index (χ1) is 9.20. The van der Waals surface area contributed by atoms with E-state index in [4.69, 9.17) is 0 Å². The van der Waals surface area contributed by atoms with Crippen LogP contribution in [0.3, 0.4) is 0 Å². The van der Waals surface area contributed by atoms with Crippen LogP contribution in [0, 0.1) is 13.8 Å². The van der Waals surface area contributed by atoms with Crippen molar-refractivity contribution >= 4 is 0 Å². The van der Waals surface area contributed by atoms with Crippen LogP contribution in [-0.4, -0.2) is 32.9 Å². The van der Waals surface area contributed by atoms with Crippen molar-refractivity contribution in [3.63, 3.8) is 0 Å².